The van der Waals surface area contributed by atoms with Crippen LogP contribution in [-0.2, 0) is 6.54 Å². The predicted octanol–water partition coefficient (Wildman–Crippen LogP) is 2.34. The molecule has 1 heterocycles. The number of thiazole rings is 1. The molecule has 0 aliphatic heterocycles. The molecule has 0 aliphatic carbocycles. The van der Waals surface area contributed by atoms with Gasteiger partial charge in [0, 0.05) is 11.9 Å². The van der Waals surface area contributed by atoms with E-state index in [1.165, 1.54) is 5.69 Å². The van der Waals surface area contributed by atoms with Crippen LogP contribution in [0, 0.1) is 6.92 Å². The van der Waals surface area contributed by atoms with Gasteiger partial charge in [0.1, 0.15) is 0 Å². The third-order valence-electron chi connectivity index (χ3n) is 2.31. The number of unbranched alkanes of at least 4 members (excludes halogenated alkanes) is 1. The van der Waals surface area contributed by atoms with Gasteiger partial charge in [-0.25, -0.2) is 4.98 Å². The molecule has 16 heavy (non-hydrogen) atoms. The van der Waals surface area contributed by atoms with Crippen molar-refractivity contribution in [1.29, 1.82) is 0 Å². The Labute approximate surface area is 107 Å². The van der Waals surface area contributed by atoms with Gasteiger partial charge < -0.3 is 10.6 Å². The fourth-order valence-corrected chi connectivity index (χ4v) is 2.27. The first-order chi connectivity index (χ1) is 7.58. The van der Waals surface area contributed by atoms with Crippen LogP contribution < -0.4 is 5.73 Å². The van der Waals surface area contributed by atoms with E-state index in [4.69, 9.17) is 18.0 Å². The van der Waals surface area contributed by atoms with Crippen LogP contribution in [0.15, 0.2) is 5.38 Å². The van der Waals surface area contributed by atoms with E-state index in [9.17, 15) is 0 Å². The Morgan fingerprint density at radius 1 is 1.56 bits per heavy atom. The SMILES string of the molecule is Cc1nc(CN(C)CCCCC(N)=S)cs1. The molecule has 0 saturated carbocycles. The summed E-state index contributed by atoms with van der Waals surface area (Å²) in [7, 11) is 2.12. The van der Waals surface area contributed by atoms with E-state index >= 15 is 0 Å². The Morgan fingerprint density at radius 3 is 2.88 bits per heavy atom. The summed E-state index contributed by atoms with van der Waals surface area (Å²) in [4.78, 5) is 7.35. The van der Waals surface area contributed by atoms with Crippen molar-refractivity contribution in [3.63, 3.8) is 0 Å². The Hall–Kier alpha value is -0.520. The highest BCUT2D eigenvalue weighted by Crippen LogP contribution is 2.10. The molecule has 0 aliphatic rings. The molecule has 0 bridgehead atoms. The molecule has 1 rings (SSSR count). The fourth-order valence-electron chi connectivity index (χ4n) is 1.52. The minimum absolute atomic E-state index is 0.623. The Morgan fingerprint density at radius 2 is 2.31 bits per heavy atom. The summed E-state index contributed by atoms with van der Waals surface area (Å²) in [5.41, 5.74) is 6.61. The number of nitrogens with two attached hydrogens (primary N) is 1. The maximum absolute atomic E-state index is 5.44. The maximum Gasteiger partial charge on any atom is 0.0897 e. The lowest BCUT2D eigenvalue weighted by Gasteiger charge is -2.14. The van der Waals surface area contributed by atoms with Crippen molar-refractivity contribution in [2.24, 2.45) is 5.73 Å². The second-order valence-electron chi connectivity index (χ2n) is 4.02. The van der Waals surface area contributed by atoms with Crippen LogP contribution in [0.25, 0.3) is 0 Å². The van der Waals surface area contributed by atoms with Gasteiger partial charge in [-0.15, -0.1) is 11.3 Å². The van der Waals surface area contributed by atoms with Crippen molar-refractivity contribution >= 4 is 28.5 Å². The average molecular weight is 257 g/mol. The van der Waals surface area contributed by atoms with E-state index in [0.29, 0.717) is 4.99 Å². The number of hydrogen-bond acceptors (Lipinski definition) is 4. The quantitative estimate of drug-likeness (QED) is 0.601. The van der Waals surface area contributed by atoms with Crippen molar-refractivity contribution < 1.29 is 0 Å². The molecule has 1 aromatic heterocycles. The van der Waals surface area contributed by atoms with Crippen LogP contribution in [0.4, 0.5) is 0 Å². The van der Waals surface area contributed by atoms with Gasteiger partial charge >= 0.3 is 0 Å². The molecule has 0 saturated heterocycles. The topological polar surface area (TPSA) is 42.2 Å². The van der Waals surface area contributed by atoms with Gasteiger partial charge in [0.2, 0.25) is 0 Å². The number of nitrogens with zero attached hydrogens (tertiary/aromatic N) is 2. The summed E-state index contributed by atoms with van der Waals surface area (Å²) in [6, 6.07) is 0. The first kappa shape index (κ1) is 13.5. The highest BCUT2D eigenvalue weighted by atomic mass is 32.1. The number of hydrogen-bond donors (Lipinski definition) is 1. The fraction of sp³-hybridized carbons (Fsp3) is 0.636. The van der Waals surface area contributed by atoms with Gasteiger partial charge in [-0.2, -0.15) is 0 Å². The molecule has 0 unspecified atom stereocenters. The first-order valence-electron chi connectivity index (χ1n) is 5.46. The van der Waals surface area contributed by atoms with Crippen molar-refractivity contribution in [1.82, 2.24) is 9.88 Å². The Balaban J connectivity index is 2.16. The van der Waals surface area contributed by atoms with E-state index in [-0.39, 0.29) is 0 Å². The molecule has 5 heteroatoms. The maximum atomic E-state index is 5.44. The standard InChI is InChI=1S/C11H19N3S2/c1-9-13-10(8-16-9)7-14(2)6-4-3-5-11(12)15/h8H,3-7H2,1-2H3,(H2,12,15). The van der Waals surface area contributed by atoms with Crippen molar-refractivity contribution in [3.8, 4) is 0 Å². The molecule has 0 fully saturated rings. The van der Waals surface area contributed by atoms with Crippen LogP contribution in [0.1, 0.15) is 30.0 Å². The second-order valence-corrected chi connectivity index (χ2v) is 5.61. The molecule has 1 aromatic rings. The zero-order valence-corrected chi connectivity index (χ0v) is 11.5. The largest absolute Gasteiger partial charge is 0.393 e. The Bertz CT molecular complexity index is 336. The lowest BCUT2D eigenvalue weighted by molar-refractivity contribution is 0.316. The highest BCUT2D eigenvalue weighted by Gasteiger charge is 2.03. The van der Waals surface area contributed by atoms with Crippen molar-refractivity contribution in [2.75, 3.05) is 13.6 Å². The van der Waals surface area contributed by atoms with E-state index in [0.717, 1.165) is 37.4 Å². The van der Waals surface area contributed by atoms with E-state index in [2.05, 4.69) is 22.3 Å². The lowest BCUT2D eigenvalue weighted by atomic mass is 10.2. The molecule has 0 aromatic carbocycles. The van der Waals surface area contributed by atoms with E-state index in [1.54, 1.807) is 11.3 Å². The Kier molecular flexibility index (Phi) is 5.87. The summed E-state index contributed by atoms with van der Waals surface area (Å²) in [6.45, 7) is 4.03. The third kappa shape index (κ3) is 5.53. The summed E-state index contributed by atoms with van der Waals surface area (Å²) in [5, 5.41) is 3.26. The smallest absolute Gasteiger partial charge is 0.0897 e. The minimum Gasteiger partial charge on any atom is -0.393 e. The van der Waals surface area contributed by atoms with Gasteiger partial charge in [-0.1, -0.05) is 12.2 Å². The second kappa shape index (κ2) is 6.93. The average Bonchev–Trinajstić information content (AvgIpc) is 2.58. The first-order valence-corrected chi connectivity index (χ1v) is 6.74. The minimum atomic E-state index is 0.623. The van der Waals surface area contributed by atoms with Gasteiger partial charge in [0.25, 0.3) is 0 Å². The number of aryl methyl sites for hydroxylation is 1. The van der Waals surface area contributed by atoms with Gasteiger partial charge in [0.15, 0.2) is 0 Å². The normalized spacial score (nSPS) is 10.9. The van der Waals surface area contributed by atoms with Crippen LogP contribution in [0.5, 0.6) is 0 Å². The summed E-state index contributed by atoms with van der Waals surface area (Å²) < 4.78 is 0. The van der Waals surface area contributed by atoms with Crippen LogP contribution >= 0.6 is 23.6 Å². The monoisotopic (exact) mass is 257 g/mol. The van der Waals surface area contributed by atoms with Crippen LogP contribution in [-0.4, -0.2) is 28.5 Å². The lowest BCUT2D eigenvalue weighted by Crippen LogP contribution is -2.19. The van der Waals surface area contributed by atoms with Gasteiger partial charge in [0.05, 0.1) is 15.7 Å². The molecule has 0 amide bonds. The molecule has 0 radical (unpaired) electrons. The predicted molar refractivity (Wildman–Crippen MR) is 73.8 cm³/mol. The third-order valence-corrected chi connectivity index (χ3v) is 3.34. The molecule has 2 N–H and O–H groups in total. The molecular formula is C11H19N3S2. The highest BCUT2D eigenvalue weighted by molar-refractivity contribution is 7.80. The zero-order chi connectivity index (χ0) is 12.0. The molecule has 0 spiro atoms. The summed E-state index contributed by atoms with van der Waals surface area (Å²) >= 11 is 6.55. The molecule has 0 atom stereocenters. The number of aromatic nitrogens is 1. The van der Waals surface area contributed by atoms with E-state index < -0.39 is 0 Å². The number of rotatable bonds is 7. The summed E-state index contributed by atoms with van der Waals surface area (Å²) in [6.07, 6.45) is 3.08. The van der Waals surface area contributed by atoms with Crippen molar-refractivity contribution in [3.05, 3.63) is 16.1 Å². The van der Waals surface area contributed by atoms with Crippen LogP contribution in [0.2, 0.25) is 0 Å². The molecular weight excluding hydrogens is 238 g/mol. The molecule has 3 nitrogen and oxygen atoms in total. The molecule has 90 valence electrons. The van der Waals surface area contributed by atoms with E-state index in [1.807, 2.05) is 6.92 Å². The summed E-state index contributed by atoms with van der Waals surface area (Å²) in [5.74, 6) is 0. The van der Waals surface area contributed by atoms with Crippen molar-refractivity contribution in [2.45, 2.75) is 32.7 Å². The number of thiocarbonyl (C=S) groups is 1. The van der Waals surface area contributed by atoms with Gasteiger partial charge in [-0.3, -0.25) is 0 Å². The van der Waals surface area contributed by atoms with Gasteiger partial charge in [-0.05, 0) is 39.8 Å². The zero-order valence-electron chi connectivity index (χ0n) is 9.90. The van der Waals surface area contributed by atoms with Crippen LogP contribution in [0.3, 0.4) is 0 Å².